The van der Waals surface area contributed by atoms with Crippen molar-refractivity contribution in [2.24, 2.45) is 0 Å². The Morgan fingerprint density at radius 3 is 2.59 bits per heavy atom. The Balaban J connectivity index is 1.48. The van der Waals surface area contributed by atoms with Crippen molar-refractivity contribution < 1.29 is 27.2 Å². The number of hydrogen-bond acceptors (Lipinski definition) is 7. The highest BCUT2D eigenvalue weighted by molar-refractivity contribution is 7.94. The molecule has 4 rings (SSSR count). The Hall–Kier alpha value is -3.24. The summed E-state index contributed by atoms with van der Waals surface area (Å²) in [5, 5.41) is -0.643. The molecule has 0 N–H and O–H groups in total. The number of carbonyl (C=O) groups is 3. The molecule has 0 unspecified atom stereocenters. The van der Waals surface area contributed by atoms with Crippen molar-refractivity contribution in [2.75, 3.05) is 10.7 Å². The normalized spacial score (nSPS) is 13.9. The first-order chi connectivity index (χ1) is 15.1. The third-order valence-corrected chi connectivity index (χ3v) is 8.07. The zero-order chi connectivity index (χ0) is 23.0. The zero-order valence-corrected chi connectivity index (χ0v) is 18.5. The van der Waals surface area contributed by atoms with Gasteiger partial charge in [-0.1, -0.05) is 35.1 Å². The Labute approximate surface area is 187 Å². The van der Waals surface area contributed by atoms with E-state index in [1.165, 1.54) is 18.3 Å². The minimum absolute atomic E-state index is 0.0739. The Morgan fingerprint density at radius 2 is 1.94 bits per heavy atom. The van der Waals surface area contributed by atoms with Gasteiger partial charge in [0, 0.05) is 18.2 Å². The number of thiophene rings is 1. The van der Waals surface area contributed by atoms with Crippen molar-refractivity contribution in [3.05, 3.63) is 76.0 Å². The maximum atomic E-state index is 13.1. The van der Waals surface area contributed by atoms with E-state index in [9.17, 15) is 27.2 Å². The van der Waals surface area contributed by atoms with E-state index in [0.29, 0.717) is 28.0 Å². The molecular weight excluding hydrogens is 455 g/mol. The van der Waals surface area contributed by atoms with Gasteiger partial charge in [0.15, 0.2) is 20.8 Å². The summed E-state index contributed by atoms with van der Waals surface area (Å²) < 4.78 is 37.4. The zero-order valence-electron chi connectivity index (χ0n) is 16.9. The average Bonchev–Trinajstić information content (AvgIpc) is 3.17. The standard InChI is InChI=1S/C22H17FN2O5S2/c1-13-2-4-15-10-20(27)25(22(28)17(15)8-13)19-6-3-14(11-24-19)9-16(26)12-32(29,30)21-7-5-18(23)31-21/h2-8,11H,9-10,12H2,1H3. The number of pyridine rings is 1. The van der Waals surface area contributed by atoms with Gasteiger partial charge in [-0.2, -0.15) is 4.39 Å². The van der Waals surface area contributed by atoms with Crippen molar-refractivity contribution in [3.8, 4) is 0 Å². The van der Waals surface area contributed by atoms with Crippen LogP contribution in [0.2, 0.25) is 0 Å². The topological polar surface area (TPSA) is 101 Å². The highest BCUT2D eigenvalue weighted by Crippen LogP contribution is 2.25. The summed E-state index contributed by atoms with van der Waals surface area (Å²) in [5.74, 6) is -2.08. The fraction of sp³-hybridized carbons (Fsp3) is 0.182. The molecule has 7 nitrogen and oxygen atoms in total. The molecule has 0 spiro atoms. The van der Waals surface area contributed by atoms with Crippen molar-refractivity contribution in [1.29, 1.82) is 0 Å². The molecule has 0 aliphatic carbocycles. The van der Waals surface area contributed by atoms with Crippen molar-refractivity contribution in [3.63, 3.8) is 0 Å². The van der Waals surface area contributed by atoms with Gasteiger partial charge in [0.1, 0.15) is 15.8 Å². The largest absolute Gasteiger partial charge is 0.298 e. The summed E-state index contributed by atoms with van der Waals surface area (Å²) >= 11 is 0.469. The van der Waals surface area contributed by atoms with Crippen LogP contribution in [0.3, 0.4) is 0 Å². The lowest BCUT2D eigenvalue weighted by Crippen LogP contribution is -2.43. The van der Waals surface area contributed by atoms with Crippen LogP contribution >= 0.6 is 11.3 Å². The molecular formula is C22H17FN2O5S2. The van der Waals surface area contributed by atoms with Gasteiger partial charge in [0.2, 0.25) is 5.91 Å². The minimum Gasteiger partial charge on any atom is -0.298 e. The highest BCUT2D eigenvalue weighted by atomic mass is 32.2. The van der Waals surface area contributed by atoms with Gasteiger partial charge in [0.25, 0.3) is 5.91 Å². The Morgan fingerprint density at radius 1 is 1.16 bits per heavy atom. The summed E-state index contributed by atoms with van der Waals surface area (Å²) in [7, 11) is -3.92. The molecule has 0 fully saturated rings. The molecule has 2 aromatic heterocycles. The van der Waals surface area contributed by atoms with E-state index in [-0.39, 0.29) is 22.9 Å². The van der Waals surface area contributed by atoms with E-state index in [2.05, 4.69) is 4.98 Å². The molecule has 0 radical (unpaired) electrons. The van der Waals surface area contributed by atoms with Crippen LogP contribution < -0.4 is 4.90 Å². The van der Waals surface area contributed by atoms with Crippen molar-refractivity contribution >= 4 is 44.6 Å². The molecule has 0 atom stereocenters. The number of Topliss-reactive ketones (excluding diaryl/α,β-unsaturated/α-hetero) is 1. The van der Waals surface area contributed by atoms with Crippen LogP contribution in [0.4, 0.5) is 10.2 Å². The van der Waals surface area contributed by atoms with Crippen LogP contribution in [0.5, 0.6) is 0 Å². The number of rotatable bonds is 6. The summed E-state index contributed by atoms with van der Waals surface area (Å²) in [4.78, 5) is 42.8. The van der Waals surface area contributed by atoms with Gasteiger partial charge >= 0.3 is 0 Å². The summed E-state index contributed by atoms with van der Waals surface area (Å²) in [6.45, 7) is 1.85. The second kappa shape index (κ2) is 8.36. The molecule has 1 aliphatic rings. The molecule has 0 saturated carbocycles. The van der Waals surface area contributed by atoms with Crippen LogP contribution in [-0.4, -0.2) is 36.8 Å². The van der Waals surface area contributed by atoms with Crippen LogP contribution in [0.25, 0.3) is 0 Å². The number of ketones is 1. The number of anilines is 1. The summed E-state index contributed by atoms with van der Waals surface area (Å²) in [6, 6.07) is 10.5. The molecule has 0 bridgehead atoms. The number of imide groups is 1. The molecule has 2 amide bonds. The lowest BCUT2D eigenvalue weighted by molar-refractivity contribution is -0.118. The van der Waals surface area contributed by atoms with E-state index in [0.717, 1.165) is 22.6 Å². The molecule has 0 saturated heterocycles. The number of nitrogens with zero attached hydrogens (tertiary/aromatic N) is 2. The van der Waals surface area contributed by atoms with E-state index >= 15 is 0 Å². The highest BCUT2D eigenvalue weighted by Gasteiger charge is 2.33. The maximum Gasteiger partial charge on any atom is 0.266 e. The van der Waals surface area contributed by atoms with E-state index in [1.807, 2.05) is 13.0 Å². The smallest absolute Gasteiger partial charge is 0.266 e. The van der Waals surface area contributed by atoms with Gasteiger partial charge < -0.3 is 0 Å². The van der Waals surface area contributed by atoms with Gasteiger partial charge in [-0.3, -0.25) is 14.4 Å². The van der Waals surface area contributed by atoms with Crippen molar-refractivity contribution in [1.82, 2.24) is 4.98 Å². The van der Waals surface area contributed by atoms with E-state index in [1.54, 1.807) is 12.1 Å². The number of aryl methyl sites for hydroxylation is 1. The molecule has 32 heavy (non-hydrogen) atoms. The van der Waals surface area contributed by atoms with Crippen LogP contribution in [-0.2, 0) is 32.3 Å². The quantitative estimate of drug-likeness (QED) is 0.512. The SMILES string of the molecule is Cc1ccc2c(c1)C(=O)N(c1ccc(CC(=O)CS(=O)(=O)c3ccc(F)s3)cn1)C(=O)C2. The number of halogens is 1. The Bertz CT molecular complexity index is 1350. The lowest BCUT2D eigenvalue weighted by Gasteiger charge is -2.26. The lowest BCUT2D eigenvalue weighted by atomic mass is 9.96. The van der Waals surface area contributed by atoms with Crippen LogP contribution in [0, 0.1) is 12.1 Å². The summed E-state index contributed by atoms with van der Waals surface area (Å²) in [6.07, 6.45) is 1.20. The molecule has 3 aromatic rings. The van der Waals surface area contributed by atoms with E-state index < -0.39 is 38.3 Å². The average molecular weight is 473 g/mol. The van der Waals surface area contributed by atoms with Gasteiger partial charge in [0.05, 0.1) is 6.42 Å². The van der Waals surface area contributed by atoms with Gasteiger partial charge in [-0.25, -0.2) is 18.3 Å². The predicted octanol–water partition coefficient (Wildman–Crippen LogP) is 2.91. The second-order valence-corrected chi connectivity index (χ2v) is 10.7. The maximum absolute atomic E-state index is 13.1. The number of amides is 2. The first-order valence-electron chi connectivity index (χ1n) is 9.55. The predicted molar refractivity (Wildman–Crippen MR) is 116 cm³/mol. The van der Waals surface area contributed by atoms with Crippen LogP contribution in [0.15, 0.2) is 52.9 Å². The van der Waals surface area contributed by atoms with Crippen LogP contribution in [0.1, 0.15) is 27.0 Å². The van der Waals surface area contributed by atoms with Gasteiger partial charge in [-0.05, 0) is 42.3 Å². The van der Waals surface area contributed by atoms with E-state index in [4.69, 9.17) is 0 Å². The molecule has 10 heteroatoms. The molecule has 164 valence electrons. The number of aromatic nitrogens is 1. The molecule has 1 aromatic carbocycles. The first-order valence-corrected chi connectivity index (χ1v) is 12.0. The molecule has 3 heterocycles. The number of hydrogen-bond donors (Lipinski definition) is 0. The third kappa shape index (κ3) is 4.37. The monoisotopic (exact) mass is 472 g/mol. The third-order valence-electron chi connectivity index (χ3n) is 4.94. The number of fused-ring (bicyclic) bond motifs is 1. The number of sulfone groups is 1. The van der Waals surface area contributed by atoms with Gasteiger partial charge in [-0.15, -0.1) is 0 Å². The summed E-state index contributed by atoms with van der Waals surface area (Å²) in [5.41, 5.74) is 2.43. The number of carbonyl (C=O) groups excluding carboxylic acids is 3. The molecule has 1 aliphatic heterocycles. The number of benzene rings is 1. The second-order valence-electron chi connectivity index (χ2n) is 7.43. The minimum atomic E-state index is -3.92. The Kier molecular flexibility index (Phi) is 5.74. The fourth-order valence-electron chi connectivity index (χ4n) is 3.43. The first kappa shape index (κ1) is 22.0. The fourth-order valence-corrected chi connectivity index (χ4v) is 5.76. The van der Waals surface area contributed by atoms with Crippen molar-refractivity contribution in [2.45, 2.75) is 24.0 Å².